The number of non-ortho nitro benzene ring substituents is 1. The molecule has 0 bridgehead atoms. The fourth-order valence-electron chi connectivity index (χ4n) is 3.93. The van der Waals surface area contributed by atoms with Gasteiger partial charge >= 0.3 is 5.97 Å². The van der Waals surface area contributed by atoms with E-state index in [1.54, 1.807) is 36.4 Å². The summed E-state index contributed by atoms with van der Waals surface area (Å²) in [4.78, 5) is 48.7. The van der Waals surface area contributed by atoms with Crippen molar-refractivity contribution in [2.45, 2.75) is 0 Å². The predicted molar refractivity (Wildman–Crippen MR) is 171 cm³/mol. The summed E-state index contributed by atoms with van der Waals surface area (Å²) in [6.45, 7) is 0. The fraction of sp³-hybridized carbons (Fsp3) is 0. The predicted octanol–water partition coefficient (Wildman–Crippen LogP) is 8.01. The van der Waals surface area contributed by atoms with E-state index in [9.17, 15) is 24.5 Å². The van der Waals surface area contributed by atoms with E-state index in [0.717, 1.165) is 11.3 Å². The first-order valence-electron chi connectivity index (χ1n) is 12.5. The third-order valence-electron chi connectivity index (χ3n) is 6.08. The molecule has 4 aromatic carbocycles. The van der Waals surface area contributed by atoms with E-state index in [0.29, 0.717) is 26.4 Å². The number of nitrogens with zero attached hydrogens (tertiary/aromatic N) is 2. The maximum Gasteiger partial charge on any atom is 0.355 e. The summed E-state index contributed by atoms with van der Waals surface area (Å²) in [6, 6.07) is 21.3. The van der Waals surface area contributed by atoms with Crippen molar-refractivity contribution in [3.63, 3.8) is 0 Å². The summed E-state index contributed by atoms with van der Waals surface area (Å²) >= 11 is 19.3. The molecule has 0 unspecified atom stereocenters. The zero-order chi connectivity index (χ0) is 31.4. The van der Waals surface area contributed by atoms with E-state index in [2.05, 4.69) is 15.8 Å². The smallest absolute Gasteiger partial charge is 0.355 e. The van der Waals surface area contributed by atoms with Crippen LogP contribution in [-0.4, -0.2) is 28.9 Å². The summed E-state index contributed by atoms with van der Waals surface area (Å²) < 4.78 is 6.02. The lowest BCUT2D eigenvalue weighted by molar-refractivity contribution is -0.384. The molecule has 44 heavy (non-hydrogen) atoms. The third kappa shape index (κ3) is 6.87. The monoisotopic (exact) mass is 666 g/mol. The van der Waals surface area contributed by atoms with Gasteiger partial charge in [-0.05, 0) is 60.7 Å². The number of ether oxygens (including phenoxy) is 1. The Hall–Kier alpha value is -4.81. The molecule has 0 aliphatic heterocycles. The number of anilines is 1. The van der Waals surface area contributed by atoms with Crippen LogP contribution in [0.3, 0.4) is 0 Å². The average molecular weight is 668 g/mol. The largest absolute Gasteiger partial charge is 0.422 e. The van der Waals surface area contributed by atoms with Crippen LogP contribution in [-0.2, 0) is 0 Å². The molecule has 5 aromatic rings. The van der Waals surface area contributed by atoms with E-state index >= 15 is 0 Å². The van der Waals surface area contributed by atoms with Crippen molar-refractivity contribution in [1.29, 1.82) is 0 Å². The molecule has 5 rings (SSSR count). The molecule has 1 aromatic heterocycles. The Bertz CT molecular complexity index is 1980. The Morgan fingerprint density at radius 2 is 1.66 bits per heavy atom. The summed E-state index contributed by atoms with van der Waals surface area (Å²) in [5, 5.41) is 19.0. The number of nitrogens with one attached hydrogen (secondary N) is 2. The van der Waals surface area contributed by atoms with Crippen LogP contribution in [0.5, 0.6) is 5.75 Å². The van der Waals surface area contributed by atoms with Crippen molar-refractivity contribution in [2.75, 3.05) is 5.32 Å². The third-order valence-corrected chi connectivity index (χ3v) is 8.27. The number of halogens is 3. The van der Waals surface area contributed by atoms with Crippen LogP contribution in [0.1, 0.15) is 36.0 Å². The van der Waals surface area contributed by atoms with Gasteiger partial charge < -0.3 is 10.1 Å². The van der Waals surface area contributed by atoms with Gasteiger partial charge in [-0.15, -0.1) is 11.3 Å². The second-order valence-electron chi connectivity index (χ2n) is 8.96. The minimum absolute atomic E-state index is 0.0816. The number of benzene rings is 4. The average Bonchev–Trinajstić information content (AvgIpc) is 3.33. The topological polar surface area (TPSA) is 140 Å². The van der Waals surface area contributed by atoms with Crippen LogP contribution < -0.4 is 15.5 Å². The molecule has 0 saturated heterocycles. The molecular weight excluding hydrogens is 651 g/mol. The van der Waals surface area contributed by atoms with Gasteiger partial charge in [0.15, 0.2) is 0 Å². The van der Waals surface area contributed by atoms with Gasteiger partial charge in [-0.1, -0.05) is 46.9 Å². The number of nitro benzene ring substituents is 1. The van der Waals surface area contributed by atoms with Gasteiger partial charge in [0.2, 0.25) is 0 Å². The zero-order valence-electron chi connectivity index (χ0n) is 22.0. The van der Waals surface area contributed by atoms with Gasteiger partial charge in [-0.2, -0.15) is 5.10 Å². The number of carbonyl (C=O) groups is 3. The number of carbonyl (C=O) groups excluding carboxylic acids is 3. The second kappa shape index (κ2) is 13.2. The van der Waals surface area contributed by atoms with Crippen LogP contribution in [0.15, 0.2) is 90.0 Å². The number of fused-ring (bicyclic) bond motifs is 1. The van der Waals surface area contributed by atoms with E-state index in [1.807, 2.05) is 0 Å². The highest BCUT2D eigenvalue weighted by Gasteiger charge is 2.21. The molecule has 0 aliphatic carbocycles. The molecule has 1 heterocycles. The first-order valence-corrected chi connectivity index (χ1v) is 14.4. The highest BCUT2D eigenvalue weighted by Crippen LogP contribution is 2.38. The van der Waals surface area contributed by atoms with Crippen molar-refractivity contribution in [3.8, 4) is 5.75 Å². The Morgan fingerprint density at radius 3 is 2.39 bits per heavy atom. The number of hydrogen-bond donors (Lipinski definition) is 2. The molecule has 2 N–H and O–H groups in total. The van der Waals surface area contributed by atoms with Gasteiger partial charge in [0.1, 0.15) is 10.6 Å². The van der Waals surface area contributed by atoms with Crippen LogP contribution in [0.4, 0.5) is 11.4 Å². The first kappa shape index (κ1) is 30.6. The Labute approximate surface area is 268 Å². The number of hydrazone groups is 1. The molecule has 0 saturated carbocycles. The molecule has 0 radical (unpaired) electrons. The number of para-hydroxylation sites is 1. The molecule has 14 heteroatoms. The highest BCUT2D eigenvalue weighted by molar-refractivity contribution is 7.21. The van der Waals surface area contributed by atoms with E-state index in [-0.39, 0.29) is 37.5 Å². The summed E-state index contributed by atoms with van der Waals surface area (Å²) in [5.74, 6) is -1.57. The number of nitro groups is 1. The second-order valence-corrected chi connectivity index (χ2v) is 11.2. The van der Waals surface area contributed by atoms with Gasteiger partial charge in [0.05, 0.1) is 26.7 Å². The van der Waals surface area contributed by atoms with Gasteiger partial charge in [-0.3, -0.25) is 19.7 Å². The van der Waals surface area contributed by atoms with Gasteiger partial charge in [0.25, 0.3) is 17.5 Å². The van der Waals surface area contributed by atoms with E-state index in [1.165, 1.54) is 54.7 Å². The van der Waals surface area contributed by atoms with Crippen LogP contribution in [0, 0.1) is 10.1 Å². The number of rotatable bonds is 8. The van der Waals surface area contributed by atoms with Crippen LogP contribution in [0.2, 0.25) is 15.1 Å². The molecule has 0 atom stereocenters. The maximum absolute atomic E-state index is 13.0. The van der Waals surface area contributed by atoms with E-state index in [4.69, 9.17) is 39.5 Å². The van der Waals surface area contributed by atoms with E-state index < -0.39 is 22.7 Å². The molecular formula is C30H17Cl3N4O6S. The number of hydrogen-bond acceptors (Lipinski definition) is 8. The molecule has 0 spiro atoms. The maximum atomic E-state index is 13.0. The Kier molecular flexibility index (Phi) is 9.21. The van der Waals surface area contributed by atoms with Crippen molar-refractivity contribution in [2.24, 2.45) is 5.10 Å². The van der Waals surface area contributed by atoms with Crippen molar-refractivity contribution >= 4 is 91.6 Å². The summed E-state index contributed by atoms with van der Waals surface area (Å²) in [7, 11) is 0. The molecule has 0 fully saturated rings. The van der Waals surface area contributed by atoms with Gasteiger partial charge in [-0.25, -0.2) is 10.2 Å². The Morgan fingerprint density at radius 1 is 0.909 bits per heavy atom. The lowest BCUT2D eigenvalue weighted by Crippen LogP contribution is -2.18. The van der Waals surface area contributed by atoms with Crippen molar-refractivity contribution in [1.82, 2.24) is 5.43 Å². The number of esters is 1. The molecule has 10 nitrogen and oxygen atoms in total. The zero-order valence-corrected chi connectivity index (χ0v) is 25.1. The van der Waals surface area contributed by atoms with Crippen molar-refractivity contribution < 1.29 is 24.0 Å². The summed E-state index contributed by atoms with van der Waals surface area (Å²) in [5.41, 5.74) is 3.61. The normalized spacial score (nSPS) is 11.0. The van der Waals surface area contributed by atoms with Crippen molar-refractivity contribution in [3.05, 3.63) is 132 Å². The minimum Gasteiger partial charge on any atom is -0.422 e. The highest BCUT2D eigenvalue weighted by atomic mass is 35.5. The quantitative estimate of drug-likeness (QED) is 0.0565. The minimum atomic E-state index is -0.755. The molecule has 2 amide bonds. The number of thiophene rings is 1. The Balaban J connectivity index is 1.22. The SMILES string of the molecule is O=C(N/N=C\c1ccccc1OC(=O)c1sc2cc([N+](=O)[O-])ccc2c1Cl)c1ccc(NC(=O)c2ccc(Cl)cc2Cl)cc1. The summed E-state index contributed by atoms with van der Waals surface area (Å²) in [6.07, 6.45) is 1.31. The molecule has 0 aliphatic rings. The molecule has 220 valence electrons. The van der Waals surface area contributed by atoms with Crippen LogP contribution in [0.25, 0.3) is 10.1 Å². The lowest BCUT2D eigenvalue weighted by Gasteiger charge is -2.08. The first-order chi connectivity index (χ1) is 21.1. The number of amides is 2. The van der Waals surface area contributed by atoms with Crippen LogP contribution >= 0.6 is 46.1 Å². The lowest BCUT2D eigenvalue weighted by atomic mass is 10.1. The van der Waals surface area contributed by atoms with Gasteiger partial charge in [0, 0.05) is 44.1 Å². The fourth-order valence-corrected chi connectivity index (χ4v) is 5.84. The standard InChI is InChI=1S/C30H17Cl3N4O6S/c31-18-7-11-21(23(32)13-18)29(39)35-19-8-5-16(6-9-19)28(38)36-34-15-17-3-1-2-4-24(17)43-30(40)27-26(33)22-12-10-20(37(41)42)14-25(22)44-27/h1-15H,(H,35,39)(H,36,38)/b34-15-.